The molecule has 2 aromatic heterocycles. The fraction of sp³-hybridized carbons (Fsp3) is 0.588. The fourth-order valence-corrected chi connectivity index (χ4v) is 3.29. The first-order valence-corrected chi connectivity index (χ1v) is 11.0. The summed E-state index contributed by atoms with van der Waals surface area (Å²) in [6, 6.07) is 5.86. The lowest BCUT2D eigenvalue weighted by Crippen LogP contribution is -2.42. The largest absolute Gasteiger partial charge is 0.357 e. The van der Waals surface area contributed by atoms with Crippen LogP contribution in [0.2, 0.25) is 0 Å². The molecule has 0 amide bonds. The monoisotopic (exact) mass is 508 g/mol. The molecule has 2 aromatic rings. The Morgan fingerprint density at radius 3 is 2.81 bits per heavy atom. The lowest BCUT2D eigenvalue weighted by Gasteiger charge is -2.17. The van der Waals surface area contributed by atoms with E-state index in [0.717, 1.165) is 30.9 Å². The zero-order valence-electron chi connectivity index (χ0n) is 16.1. The van der Waals surface area contributed by atoms with Gasteiger partial charge in [0.15, 0.2) is 11.6 Å². The van der Waals surface area contributed by atoms with Crippen molar-refractivity contribution in [3.05, 3.63) is 30.2 Å². The van der Waals surface area contributed by atoms with E-state index in [1.54, 1.807) is 0 Å². The molecule has 8 nitrogen and oxygen atoms in total. The van der Waals surface area contributed by atoms with E-state index in [1.807, 2.05) is 42.6 Å². The highest BCUT2D eigenvalue weighted by Crippen LogP contribution is 2.05. The number of aromatic nitrogens is 3. The Labute approximate surface area is 178 Å². The van der Waals surface area contributed by atoms with Gasteiger partial charge < -0.3 is 10.6 Å². The van der Waals surface area contributed by atoms with E-state index in [4.69, 9.17) is 0 Å². The minimum absolute atomic E-state index is 0. The molecule has 0 bridgehead atoms. The van der Waals surface area contributed by atoms with Crippen molar-refractivity contribution in [2.24, 2.45) is 4.99 Å². The second-order valence-corrected chi connectivity index (χ2v) is 8.63. The van der Waals surface area contributed by atoms with E-state index in [2.05, 4.69) is 25.8 Å². The van der Waals surface area contributed by atoms with Gasteiger partial charge in [-0.3, -0.25) is 9.39 Å². The molecule has 0 aliphatic heterocycles. The zero-order valence-corrected chi connectivity index (χ0v) is 19.2. The summed E-state index contributed by atoms with van der Waals surface area (Å²) in [5.41, 5.74) is 0.848. The molecule has 0 saturated heterocycles. The van der Waals surface area contributed by atoms with Crippen molar-refractivity contribution in [3.8, 4) is 0 Å². The number of fused-ring (bicyclic) bond motifs is 1. The molecule has 1 unspecified atom stereocenters. The van der Waals surface area contributed by atoms with Gasteiger partial charge in [-0.15, -0.1) is 34.2 Å². The number of nitrogens with zero attached hydrogens (tertiary/aromatic N) is 4. The van der Waals surface area contributed by atoms with Gasteiger partial charge in [-0.2, -0.15) is 0 Å². The van der Waals surface area contributed by atoms with Gasteiger partial charge in [-0.25, -0.2) is 8.42 Å². The van der Waals surface area contributed by atoms with Crippen LogP contribution >= 0.6 is 24.0 Å². The number of nitrogens with one attached hydrogen (secondary N) is 2. The van der Waals surface area contributed by atoms with E-state index in [0.29, 0.717) is 18.9 Å². The van der Waals surface area contributed by atoms with Gasteiger partial charge in [0, 0.05) is 38.0 Å². The molecule has 0 fully saturated rings. The molecule has 0 radical (unpaired) electrons. The highest BCUT2D eigenvalue weighted by atomic mass is 127. The summed E-state index contributed by atoms with van der Waals surface area (Å²) in [5.74, 6) is 1.80. The van der Waals surface area contributed by atoms with Crippen molar-refractivity contribution in [2.45, 2.75) is 39.2 Å². The molecule has 27 heavy (non-hydrogen) atoms. The average Bonchev–Trinajstić information content (AvgIpc) is 3.00. The standard InChI is InChI=1S/C17H28N6O2S.HI/c1-4-18-17(20-14(2)10-13-26(3,24)25)19-11-7-9-16-22-21-15-8-5-6-12-23(15)16;/h5-6,8,12,14H,4,7,9-11,13H2,1-3H3,(H2,18,19,20);1H. The van der Waals surface area contributed by atoms with Crippen LogP contribution in [0.4, 0.5) is 0 Å². The maximum Gasteiger partial charge on any atom is 0.191 e. The van der Waals surface area contributed by atoms with Gasteiger partial charge in [-0.05, 0) is 38.8 Å². The van der Waals surface area contributed by atoms with Crippen molar-refractivity contribution in [3.63, 3.8) is 0 Å². The zero-order chi connectivity index (χ0) is 19.0. The first-order valence-electron chi connectivity index (χ1n) is 8.90. The molecule has 0 saturated carbocycles. The molecule has 2 N–H and O–H groups in total. The number of aliphatic imine (C=N–C) groups is 1. The van der Waals surface area contributed by atoms with E-state index in [1.165, 1.54) is 6.26 Å². The Morgan fingerprint density at radius 2 is 2.11 bits per heavy atom. The summed E-state index contributed by atoms with van der Waals surface area (Å²) < 4.78 is 24.5. The normalized spacial score (nSPS) is 13.2. The van der Waals surface area contributed by atoms with Crippen LogP contribution in [0.25, 0.3) is 5.65 Å². The average molecular weight is 508 g/mol. The lowest BCUT2D eigenvalue weighted by molar-refractivity contribution is 0.581. The van der Waals surface area contributed by atoms with Crippen molar-refractivity contribution < 1.29 is 8.42 Å². The number of guanidine groups is 1. The van der Waals surface area contributed by atoms with Crippen LogP contribution in [0.1, 0.15) is 32.5 Å². The Hall–Kier alpha value is -1.43. The van der Waals surface area contributed by atoms with Crippen molar-refractivity contribution in [1.82, 2.24) is 25.2 Å². The van der Waals surface area contributed by atoms with Gasteiger partial charge in [0.2, 0.25) is 0 Å². The molecular formula is C17H29IN6O2S. The number of hydrogen-bond donors (Lipinski definition) is 2. The van der Waals surface area contributed by atoms with E-state index < -0.39 is 9.84 Å². The molecule has 152 valence electrons. The number of hydrogen-bond acceptors (Lipinski definition) is 5. The van der Waals surface area contributed by atoms with Gasteiger partial charge in [0.05, 0.1) is 5.75 Å². The van der Waals surface area contributed by atoms with E-state index in [-0.39, 0.29) is 35.8 Å². The number of pyridine rings is 1. The summed E-state index contributed by atoms with van der Waals surface area (Å²) in [4.78, 5) is 4.56. The topological polar surface area (TPSA) is 101 Å². The third-order valence-electron chi connectivity index (χ3n) is 3.86. The van der Waals surface area contributed by atoms with Crippen LogP contribution in [0.3, 0.4) is 0 Å². The molecule has 0 aliphatic carbocycles. The van der Waals surface area contributed by atoms with Crippen LogP contribution < -0.4 is 10.6 Å². The minimum Gasteiger partial charge on any atom is -0.357 e. The van der Waals surface area contributed by atoms with Gasteiger partial charge >= 0.3 is 0 Å². The summed E-state index contributed by atoms with van der Waals surface area (Å²) in [7, 11) is -2.95. The highest BCUT2D eigenvalue weighted by molar-refractivity contribution is 14.0. The smallest absolute Gasteiger partial charge is 0.191 e. The summed E-state index contributed by atoms with van der Waals surface area (Å²) in [6.07, 6.45) is 5.41. The number of sulfone groups is 1. The molecule has 2 heterocycles. The third kappa shape index (κ3) is 8.41. The maximum atomic E-state index is 11.3. The second kappa shape index (κ2) is 11.4. The van der Waals surface area contributed by atoms with Crippen LogP contribution in [-0.2, 0) is 16.3 Å². The Bertz CT molecular complexity index is 837. The quantitative estimate of drug-likeness (QED) is 0.231. The lowest BCUT2D eigenvalue weighted by atomic mass is 10.2. The van der Waals surface area contributed by atoms with Crippen LogP contribution in [-0.4, -0.2) is 60.1 Å². The SMILES string of the molecule is CCNC(=NCCCc1nnc2ccccn12)NC(C)CCS(C)(=O)=O.I. The Morgan fingerprint density at radius 1 is 1.33 bits per heavy atom. The number of halogens is 1. The first-order chi connectivity index (χ1) is 12.4. The van der Waals surface area contributed by atoms with E-state index >= 15 is 0 Å². The van der Waals surface area contributed by atoms with Crippen LogP contribution in [0.5, 0.6) is 0 Å². The first kappa shape index (κ1) is 23.6. The number of rotatable bonds is 9. The summed E-state index contributed by atoms with van der Waals surface area (Å²) in [6.45, 7) is 5.36. The molecular weight excluding hydrogens is 479 g/mol. The predicted octanol–water partition coefficient (Wildman–Crippen LogP) is 1.66. The fourth-order valence-electron chi connectivity index (χ4n) is 2.51. The van der Waals surface area contributed by atoms with Gasteiger partial charge in [0.1, 0.15) is 15.7 Å². The Kier molecular flexibility index (Phi) is 9.99. The second-order valence-electron chi connectivity index (χ2n) is 6.37. The Balaban J connectivity index is 0.00000364. The summed E-state index contributed by atoms with van der Waals surface area (Å²) in [5, 5.41) is 14.8. The molecule has 1 atom stereocenters. The third-order valence-corrected chi connectivity index (χ3v) is 4.84. The molecule has 0 spiro atoms. The molecule has 0 aliphatic rings. The van der Waals surface area contributed by atoms with Crippen LogP contribution in [0, 0.1) is 0 Å². The van der Waals surface area contributed by atoms with Crippen LogP contribution in [0.15, 0.2) is 29.4 Å². The van der Waals surface area contributed by atoms with E-state index in [9.17, 15) is 8.42 Å². The number of aryl methyl sites for hydroxylation is 1. The minimum atomic E-state index is -2.95. The van der Waals surface area contributed by atoms with Crippen molar-refractivity contribution in [2.75, 3.05) is 25.1 Å². The van der Waals surface area contributed by atoms with Gasteiger partial charge in [-0.1, -0.05) is 6.07 Å². The predicted molar refractivity (Wildman–Crippen MR) is 120 cm³/mol. The highest BCUT2D eigenvalue weighted by Gasteiger charge is 2.09. The van der Waals surface area contributed by atoms with Crippen molar-refractivity contribution >= 4 is 45.4 Å². The van der Waals surface area contributed by atoms with Gasteiger partial charge in [0.25, 0.3) is 0 Å². The molecule has 2 rings (SSSR count). The maximum absolute atomic E-state index is 11.3. The summed E-state index contributed by atoms with van der Waals surface area (Å²) >= 11 is 0. The molecule has 0 aromatic carbocycles. The molecule has 10 heteroatoms. The van der Waals surface area contributed by atoms with Crippen molar-refractivity contribution in [1.29, 1.82) is 0 Å².